The van der Waals surface area contributed by atoms with Crippen molar-refractivity contribution < 1.29 is 4.79 Å². The second kappa shape index (κ2) is 4.41. The van der Waals surface area contributed by atoms with Crippen molar-refractivity contribution in [3.63, 3.8) is 0 Å². The van der Waals surface area contributed by atoms with Gasteiger partial charge in [-0.25, -0.2) is 0 Å². The van der Waals surface area contributed by atoms with Crippen LogP contribution in [0.1, 0.15) is 22.8 Å². The Morgan fingerprint density at radius 3 is 2.46 bits per heavy atom. The van der Waals surface area contributed by atoms with Gasteiger partial charge in [-0.3, -0.25) is 4.79 Å². The van der Waals surface area contributed by atoms with Gasteiger partial charge in [0.15, 0.2) is 6.29 Å². The molecule has 1 rings (SSSR count). The van der Waals surface area contributed by atoms with Gasteiger partial charge in [0.2, 0.25) is 0 Å². The molecule has 0 atom stereocenters. The molecule has 0 heterocycles. The summed E-state index contributed by atoms with van der Waals surface area (Å²) in [5.41, 5.74) is 2.61. The molecule has 0 bridgehead atoms. The summed E-state index contributed by atoms with van der Waals surface area (Å²) in [5, 5.41) is 0. The molecule has 0 aromatic heterocycles. The minimum Gasteiger partial charge on any atom is -0.298 e. The normalized spacial score (nSPS) is 10.2. The third kappa shape index (κ3) is 2.71. The highest BCUT2D eigenvalue weighted by Crippen LogP contribution is 2.09. The van der Waals surface area contributed by atoms with E-state index in [1.165, 1.54) is 0 Å². The molecule has 66 valence electrons. The first-order chi connectivity index (χ1) is 6.24. The summed E-state index contributed by atoms with van der Waals surface area (Å²) >= 11 is 0. The second-order valence-electron chi connectivity index (χ2n) is 2.93. The van der Waals surface area contributed by atoms with Crippen LogP contribution < -0.4 is 0 Å². The molecular formula is C12H12O. The molecule has 1 nitrogen and oxygen atoms in total. The molecule has 0 saturated carbocycles. The summed E-state index contributed by atoms with van der Waals surface area (Å²) in [6.45, 7) is 5.67. The minimum absolute atomic E-state index is 0.708. The Kier molecular flexibility index (Phi) is 3.21. The Labute approximate surface area is 78.4 Å². The van der Waals surface area contributed by atoms with Crippen molar-refractivity contribution >= 4 is 12.4 Å². The predicted octanol–water partition coefficient (Wildman–Crippen LogP) is 3.09. The van der Waals surface area contributed by atoms with Crippen molar-refractivity contribution in [1.29, 1.82) is 0 Å². The summed E-state index contributed by atoms with van der Waals surface area (Å²) in [5.74, 6) is 0. The van der Waals surface area contributed by atoms with E-state index >= 15 is 0 Å². The smallest absolute Gasteiger partial charge is 0.150 e. The number of hydrogen-bond donors (Lipinski definition) is 0. The molecule has 0 aliphatic rings. The molecule has 1 aromatic carbocycles. The maximum Gasteiger partial charge on any atom is 0.150 e. The van der Waals surface area contributed by atoms with Gasteiger partial charge in [0.1, 0.15) is 0 Å². The van der Waals surface area contributed by atoms with Crippen LogP contribution in [0.4, 0.5) is 0 Å². The van der Waals surface area contributed by atoms with Gasteiger partial charge in [0.05, 0.1) is 0 Å². The van der Waals surface area contributed by atoms with Gasteiger partial charge >= 0.3 is 0 Å². The Bertz CT molecular complexity index is 348. The molecule has 0 aliphatic heterocycles. The molecule has 1 heteroatoms. The van der Waals surface area contributed by atoms with Gasteiger partial charge in [-0.05, 0) is 12.5 Å². The monoisotopic (exact) mass is 172 g/mol. The predicted molar refractivity (Wildman–Crippen MR) is 55.7 cm³/mol. The maximum atomic E-state index is 10.6. The van der Waals surface area contributed by atoms with Gasteiger partial charge in [0, 0.05) is 5.56 Å². The minimum atomic E-state index is 0.708. The largest absolute Gasteiger partial charge is 0.298 e. The number of carbonyl (C=O) groups is 1. The van der Waals surface area contributed by atoms with E-state index < -0.39 is 0 Å². The number of hydrogen-bond acceptors (Lipinski definition) is 1. The van der Waals surface area contributed by atoms with Crippen LogP contribution in [0.5, 0.6) is 0 Å². The van der Waals surface area contributed by atoms with Gasteiger partial charge in [0.25, 0.3) is 0 Å². The number of rotatable bonds is 3. The van der Waals surface area contributed by atoms with Crippen LogP contribution in [0.15, 0.2) is 42.5 Å². The highest BCUT2D eigenvalue weighted by Gasteiger charge is 1.94. The summed E-state index contributed by atoms with van der Waals surface area (Å²) < 4.78 is 0. The molecule has 0 unspecified atom stereocenters. The first-order valence-electron chi connectivity index (χ1n) is 4.12. The van der Waals surface area contributed by atoms with Crippen molar-refractivity contribution in [2.45, 2.75) is 6.92 Å². The summed E-state index contributed by atoms with van der Waals surface area (Å²) in [4.78, 5) is 10.6. The zero-order valence-corrected chi connectivity index (χ0v) is 7.66. The van der Waals surface area contributed by atoms with Crippen molar-refractivity contribution in [3.05, 3.63) is 53.6 Å². The highest BCUT2D eigenvalue weighted by atomic mass is 16.1. The van der Waals surface area contributed by atoms with Crippen molar-refractivity contribution in [1.82, 2.24) is 0 Å². The molecule has 1 aromatic rings. The van der Waals surface area contributed by atoms with Gasteiger partial charge < -0.3 is 0 Å². The van der Waals surface area contributed by atoms with Crippen molar-refractivity contribution in [2.24, 2.45) is 0 Å². The Morgan fingerprint density at radius 2 is 1.92 bits per heavy atom. The van der Waals surface area contributed by atoms with Crippen LogP contribution >= 0.6 is 0 Å². The van der Waals surface area contributed by atoms with E-state index in [4.69, 9.17) is 0 Å². The van der Waals surface area contributed by atoms with Crippen LogP contribution in [0, 0.1) is 0 Å². The summed E-state index contributed by atoms with van der Waals surface area (Å²) in [6, 6.07) is 7.46. The molecule has 0 radical (unpaired) electrons. The first kappa shape index (κ1) is 9.46. The molecule has 0 spiro atoms. The SMILES string of the molecule is C=C(C)C=Cc1ccccc1C=O. The third-order valence-electron chi connectivity index (χ3n) is 1.67. The first-order valence-corrected chi connectivity index (χ1v) is 4.12. The molecule has 0 aliphatic carbocycles. The lowest BCUT2D eigenvalue weighted by molar-refractivity contribution is 0.112. The Balaban J connectivity index is 3.00. The molecule has 0 fully saturated rings. The standard InChI is InChI=1S/C12H12O/c1-10(2)7-8-11-5-3-4-6-12(11)9-13/h3-9H,1H2,2H3. The van der Waals surface area contributed by atoms with E-state index in [9.17, 15) is 4.79 Å². The third-order valence-corrected chi connectivity index (χ3v) is 1.67. The van der Waals surface area contributed by atoms with Gasteiger partial charge in [-0.2, -0.15) is 0 Å². The van der Waals surface area contributed by atoms with Crippen molar-refractivity contribution in [3.8, 4) is 0 Å². The topological polar surface area (TPSA) is 17.1 Å². The number of carbonyl (C=O) groups excluding carboxylic acids is 1. The fourth-order valence-electron chi connectivity index (χ4n) is 1.00. The zero-order valence-electron chi connectivity index (χ0n) is 7.66. The van der Waals surface area contributed by atoms with Crippen LogP contribution in [-0.4, -0.2) is 6.29 Å². The van der Waals surface area contributed by atoms with Crippen molar-refractivity contribution in [2.75, 3.05) is 0 Å². The summed E-state index contributed by atoms with van der Waals surface area (Å²) in [6.07, 6.45) is 4.65. The number of allylic oxidation sites excluding steroid dienone is 2. The van der Waals surface area contributed by atoms with E-state index in [0.717, 1.165) is 17.4 Å². The van der Waals surface area contributed by atoms with E-state index in [-0.39, 0.29) is 0 Å². The molecule has 0 N–H and O–H groups in total. The van der Waals surface area contributed by atoms with E-state index in [0.29, 0.717) is 5.56 Å². The van der Waals surface area contributed by atoms with Crippen LogP contribution in [0.3, 0.4) is 0 Å². The van der Waals surface area contributed by atoms with Crippen LogP contribution in [0.25, 0.3) is 6.08 Å². The molecule has 13 heavy (non-hydrogen) atoms. The molecule has 0 amide bonds. The van der Waals surface area contributed by atoms with E-state index in [1.807, 2.05) is 37.3 Å². The lowest BCUT2D eigenvalue weighted by Crippen LogP contribution is -1.83. The van der Waals surface area contributed by atoms with Gasteiger partial charge in [-0.1, -0.05) is 48.6 Å². The fourth-order valence-corrected chi connectivity index (χ4v) is 1.00. The second-order valence-corrected chi connectivity index (χ2v) is 2.93. The van der Waals surface area contributed by atoms with Crippen LogP contribution in [-0.2, 0) is 0 Å². The Morgan fingerprint density at radius 1 is 1.31 bits per heavy atom. The number of benzene rings is 1. The fraction of sp³-hybridized carbons (Fsp3) is 0.0833. The molecule has 0 saturated heterocycles. The lowest BCUT2D eigenvalue weighted by Gasteiger charge is -1.96. The lowest BCUT2D eigenvalue weighted by atomic mass is 10.1. The Hall–Kier alpha value is -1.63. The molecular weight excluding hydrogens is 160 g/mol. The van der Waals surface area contributed by atoms with Gasteiger partial charge in [-0.15, -0.1) is 0 Å². The van der Waals surface area contributed by atoms with E-state index in [2.05, 4.69) is 6.58 Å². The summed E-state index contributed by atoms with van der Waals surface area (Å²) in [7, 11) is 0. The zero-order chi connectivity index (χ0) is 9.68. The van der Waals surface area contributed by atoms with Crippen LogP contribution in [0.2, 0.25) is 0 Å². The van der Waals surface area contributed by atoms with E-state index in [1.54, 1.807) is 6.07 Å². The highest BCUT2D eigenvalue weighted by molar-refractivity contribution is 5.81. The average Bonchev–Trinajstić information content (AvgIpc) is 2.15. The average molecular weight is 172 g/mol. The quantitative estimate of drug-likeness (QED) is 0.505. The number of aldehydes is 1. The maximum absolute atomic E-state index is 10.6.